The molecule has 1 aliphatic rings. The number of piperidine rings is 1. The smallest absolute Gasteiger partial charge is 0.0564 e. The zero-order valence-corrected chi connectivity index (χ0v) is 10.7. The first-order chi connectivity index (χ1) is 8.28. The molecule has 1 aliphatic heterocycles. The van der Waals surface area contributed by atoms with Crippen molar-refractivity contribution in [3.63, 3.8) is 0 Å². The van der Waals surface area contributed by atoms with Crippen molar-refractivity contribution >= 4 is 0 Å². The van der Waals surface area contributed by atoms with Gasteiger partial charge < -0.3 is 10.0 Å². The minimum absolute atomic E-state index is 0.0601. The largest absolute Gasteiger partial charge is 0.393 e. The number of aliphatic hydroxyl groups is 1. The van der Waals surface area contributed by atoms with Crippen LogP contribution in [0.4, 0.5) is 0 Å². The van der Waals surface area contributed by atoms with E-state index in [2.05, 4.69) is 36.1 Å². The van der Waals surface area contributed by atoms with E-state index >= 15 is 0 Å². The predicted molar refractivity (Wildman–Crippen MR) is 71.2 cm³/mol. The topological polar surface area (TPSA) is 23.5 Å². The van der Waals surface area contributed by atoms with Gasteiger partial charge in [0.1, 0.15) is 0 Å². The lowest BCUT2D eigenvalue weighted by Gasteiger charge is -2.29. The first-order valence-electron chi connectivity index (χ1n) is 6.76. The van der Waals surface area contributed by atoms with Gasteiger partial charge in [-0.1, -0.05) is 31.2 Å². The first-order valence-corrected chi connectivity index (χ1v) is 6.76. The summed E-state index contributed by atoms with van der Waals surface area (Å²) in [5, 5.41) is 9.44. The van der Waals surface area contributed by atoms with Crippen LogP contribution < -0.4 is 0 Å². The van der Waals surface area contributed by atoms with Gasteiger partial charge in [0.05, 0.1) is 6.10 Å². The van der Waals surface area contributed by atoms with Crippen molar-refractivity contribution in [1.82, 2.24) is 4.90 Å². The monoisotopic (exact) mass is 233 g/mol. The Labute approximate surface area is 104 Å². The zero-order valence-electron chi connectivity index (χ0n) is 10.7. The summed E-state index contributed by atoms with van der Waals surface area (Å²) < 4.78 is 0. The molecular formula is C15H23NO. The van der Waals surface area contributed by atoms with Crippen LogP contribution in [-0.4, -0.2) is 35.7 Å². The lowest BCUT2D eigenvalue weighted by molar-refractivity contribution is 0.0832. The Morgan fingerprint density at radius 3 is 2.29 bits per heavy atom. The summed E-state index contributed by atoms with van der Waals surface area (Å²) in [5.74, 6) is 0. The third kappa shape index (κ3) is 3.83. The molecule has 0 spiro atoms. The van der Waals surface area contributed by atoms with Gasteiger partial charge in [-0.25, -0.2) is 0 Å². The molecule has 0 saturated carbocycles. The lowest BCUT2D eigenvalue weighted by Crippen LogP contribution is -2.37. The van der Waals surface area contributed by atoms with Crippen LogP contribution in [0, 0.1) is 0 Å². The van der Waals surface area contributed by atoms with Gasteiger partial charge in [-0.05, 0) is 36.8 Å². The SMILES string of the molecule is CCc1ccc(CCN2CCC(O)CC2)cc1. The number of aliphatic hydroxyl groups excluding tert-OH is 1. The van der Waals surface area contributed by atoms with Gasteiger partial charge in [0.25, 0.3) is 0 Å². The van der Waals surface area contributed by atoms with Gasteiger partial charge in [0.2, 0.25) is 0 Å². The molecule has 94 valence electrons. The van der Waals surface area contributed by atoms with Gasteiger partial charge in [-0.2, -0.15) is 0 Å². The molecule has 0 unspecified atom stereocenters. The van der Waals surface area contributed by atoms with Gasteiger partial charge in [-0.3, -0.25) is 0 Å². The molecule has 1 heterocycles. The standard InChI is InChI=1S/C15H23NO/c1-2-13-3-5-14(6-4-13)7-10-16-11-8-15(17)9-12-16/h3-6,15,17H,2,7-12H2,1H3. The van der Waals surface area contributed by atoms with Crippen molar-refractivity contribution in [2.45, 2.75) is 38.7 Å². The quantitative estimate of drug-likeness (QED) is 0.862. The molecule has 0 aliphatic carbocycles. The summed E-state index contributed by atoms with van der Waals surface area (Å²) in [5.41, 5.74) is 2.84. The summed E-state index contributed by atoms with van der Waals surface area (Å²) in [6.45, 7) is 5.41. The maximum atomic E-state index is 9.44. The molecule has 1 aromatic carbocycles. The normalized spacial score (nSPS) is 18.5. The van der Waals surface area contributed by atoms with Crippen LogP contribution in [0.1, 0.15) is 30.9 Å². The van der Waals surface area contributed by atoms with Crippen LogP contribution in [0.5, 0.6) is 0 Å². The molecule has 0 bridgehead atoms. The molecule has 1 saturated heterocycles. The average Bonchev–Trinajstić information content (AvgIpc) is 2.39. The Kier molecular flexibility index (Phi) is 4.57. The number of hydrogen-bond acceptors (Lipinski definition) is 2. The number of hydrogen-bond donors (Lipinski definition) is 1. The number of likely N-dealkylation sites (tertiary alicyclic amines) is 1. The van der Waals surface area contributed by atoms with E-state index < -0.39 is 0 Å². The van der Waals surface area contributed by atoms with Crippen molar-refractivity contribution in [2.24, 2.45) is 0 Å². The van der Waals surface area contributed by atoms with Crippen molar-refractivity contribution in [3.8, 4) is 0 Å². The van der Waals surface area contributed by atoms with E-state index in [-0.39, 0.29) is 6.10 Å². The molecule has 0 amide bonds. The van der Waals surface area contributed by atoms with E-state index in [1.165, 1.54) is 11.1 Å². The molecule has 0 atom stereocenters. The fraction of sp³-hybridized carbons (Fsp3) is 0.600. The van der Waals surface area contributed by atoms with Crippen LogP contribution in [0.15, 0.2) is 24.3 Å². The number of nitrogens with zero attached hydrogens (tertiary/aromatic N) is 1. The second kappa shape index (κ2) is 6.18. The van der Waals surface area contributed by atoms with E-state index in [9.17, 15) is 5.11 Å². The maximum absolute atomic E-state index is 9.44. The summed E-state index contributed by atoms with van der Waals surface area (Å²) in [6.07, 6.45) is 4.06. The molecule has 1 aromatic rings. The highest BCUT2D eigenvalue weighted by molar-refractivity contribution is 5.22. The molecule has 2 nitrogen and oxygen atoms in total. The highest BCUT2D eigenvalue weighted by Crippen LogP contribution is 2.11. The van der Waals surface area contributed by atoms with Crippen LogP contribution >= 0.6 is 0 Å². The van der Waals surface area contributed by atoms with E-state index in [0.717, 1.165) is 45.3 Å². The Hall–Kier alpha value is -0.860. The van der Waals surface area contributed by atoms with Crippen molar-refractivity contribution in [2.75, 3.05) is 19.6 Å². The lowest BCUT2D eigenvalue weighted by atomic mass is 10.1. The van der Waals surface area contributed by atoms with Crippen LogP contribution in [0.25, 0.3) is 0 Å². The van der Waals surface area contributed by atoms with Crippen LogP contribution in [0.3, 0.4) is 0 Å². The molecule has 17 heavy (non-hydrogen) atoms. The Bertz CT molecular complexity index is 325. The number of benzene rings is 1. The predicted octanol–water partition coefficient (Wildman–Crippen LogP) is 2.25. The molecule has 1 fully saturated rings. The molecule has 0 radical (unpaired) electrons. The van der Waals surface area contributed by atoms with Crippen molar-refractivity contribution in [1.29, 1.82) is 0 Å². The van der Waals surface area contributed by atoms with E-state index in [1.54, 1.807) is 0 Å². The Morgan fingerprint density at radius 1 is 1.12 bits per heavy atom. The Morgan fingerprint density at radius 2 is 1.71 bits per heavy atom. The van der Waals surface area contributed by atoms with Gasteiger partial charge in [0, 0.05) is 19.6 Å². The highest BCUT2D eigenvalue weighted by atomic mass is 16.3. The first kappa shape index (κ1) is 12.6. The molecule has 1 N–H and O–H groups in total. The van der Waals surface area contributed by atoms with Gasteiger partial charge in [-0.15, -0.1) is 0 Å². The Balaban J connectivity index is 1.77. The highest BCUT2D eigenvalue weighted by Gasteiger charge is 2.16. The molecule has 0 aromatic heterocycles. The van der Waals surface area contributed by atoms with E-state index in [1.807, 2.05) is 0 Å². The van der Waals surface area contributed by atoms with Gasteiger partial charge in [0.15, 0.2) is 0 Å². The molecule has 2 rings (SSSR count). The van der Waals surface area contributed by atoms with E-state index in [4.69, 9.17) is 0 Å². The third-order valence-electron chi connectivity index (χ3n) is 3.71. The van der Waals surface area contributed by atoms with E-state index in [0.29, 0.717) is 0 Å². The zero-order chi connectivity index (χ0) is 12.1. The molecule has 2 heteroatoms. The number of rotatable bonds is 4. The van der Waals surface area contributed by atoms with Crippen molar-refractivity contribution in [3.05, 3.63) is 35.4 Å². The fourth-order valence-electron chi connectivity index (χ4n) is 2.37. The number of aryl methyl sites for hydroxylation is 1. The summed E-state index contributed by atoms with van der Waals surface area (Å²) >= 11 is 0. The second-order valence-corrected chi connectivity index (χ2v) is 4.99. The average molecular weight is 233 g/mol. The minimum Gasteiger partial charge on any atom is -0.393 e. The van der Waals surface area contributed by atoms with Crippen LogP contribution in [0.2, 0.25) is 0 Å². The summed E-state index contributed by atoms with van der Waals surface area (Å²) in [7, 11) is 0. The van der Waals surface area contributed by atoms with Gasteiger partial charge >= 0.3 is 0 Å². The summed E-state index contributed by atoms with van der Waals surface area (Å²) in [6, 6.07) is 8.96. The minimum atomic E-state index is -0.0601. The second-order valence-electron chi connectivity index (χ2n) is 4.99. The van der Waals surface area contributed by atoms with Crippen LogP contribution in [-0.2, 0) is 12.8 Å². The third-order valence-corrected chi connectivity index (χ3v) is 3.71. The summed E-state index contributed by atoms with van der Waals surface area (Å²) in [4.78, 5) is 2.46. The maximum Gasteiger partial charge on any atom is 0.0564 e. The molecular weight excluding hydrogens is 210 g/mol. The van der Waals surface area contributed by atoms with Crippen molar-refractivity contribution < 1.29 is 5.11 Å². The fourth-order valence-corrected chi connectivity index (χ4v) is 2.37.